The van der Waals surface area contributed by atoms with Crippen LogP contribution >= 0.6 is 15.9 Å². The van der Waals surface area contributed by atoms with Gasteiger partial charge in [-0.3, -0.25) is 4.98 Å². The number of anilines is 1. The van der Waals surface area contributed by atoms with E-state index in [-0.39, 0.29) is 12.1 Å². The van der Waals surface area contributed by atoms with Gasteiger partial charge in [-0.15, -0.1) is 0 Å². The van der Waals surface area contributed by atoms with E-state index in [4.69, 9.17) is 14.5 Å². The number of hydrogen-bond acceptors (Lipinski definition) is 5. The summed E-state index contributed by atoms with van der Waals surface area (Å²) in [5, 5.41) is 0. The highest BCUT2D eigenvalue weighted by Gasteiger charge is 2.36. The number of nitrogens with zero attached hydrogens (tertiary/aromatic N) is 2. The largest absolute Gasteiger partial charge is 0.461 e. The van der Waals surface area contributed by atoms with Crippen molar-refractivity contribution in [2.45, 2.75) is 85.5 Å². The highest BCUT2D eigenvalue weighted by Crippen LogP contribution is 2.42. The number of piperidine rings is 1. The highest BCUT2D eigenvalue weighted by molar-refractivity contribution is 9.10. The molecular weight excluding hydrogens is 492 g/mol. The van der Waals surface area contributed by atoms with Crippen LogP contribution in [0.5, 0.6) is 0 Å². The van der Waals surface area contributed by atoms with Crippen LogP contribution in [0.1, 0.15) is 76.1 Å². The molecule has 0 aliphatic carbocycles. The average molecular weight is 532 g/mol. The van der Waals surface area contributed by atoms with Crippen molar-refractivity contribution in [3.05, 3.63) is 57.3 Å². The van der Waals surface area contributed by atoms with E-state index in [0.29, 0.717) is 5.92 Å². The van der Waals surface area contributed by atoms with E-state index in [1.165, 1.54) is 5.56 Å². The lowest BCUT2D eigenvalue weighted by Gasteiger charge is -2.38. The lowest BCUT2D eigenvalue weighted by Crippen LogP contribution is -2.37. The van der Waals surface area contributed by atoms with Gasteiger partial charge in [-0.1, -0.05) is 30.3 Å². The van der Waals surface area contributed by atoms with Crippen LogP contribution in [0, 0.1) is 19.8 Å². The van der Waals surface area contributed by atoms with Gasteiger partial charge in [0.05, 0.1) is 27.6 Å². The molecule has 1 fully saturated rings. The van der Waals surface area contributed by atoms with Crippen molar-refractivity contribution < 1.29 is 14.3 Å². The minimum Gasteiger partial charge on any atom is -0.461 e. The number of pyridine rings is 1. The first-order valence-corrected chi connectivity index (χ1v) is 13.1. The maximum atomic E-state index is 13.3. The van der Waals surface area contributed by atoms with E-state index in [1.54, 1.807) is 0 Å². The average Bonchev–Trinajstić information content (AvgIpc) is 2.75. The van der Waals surface area contributed by atoms with Gasteiger partial charge >= 0.3 is 5.97 Å². The molecule has 5 nitrogen and oxygen atoms in total. The predicted octanol–water partition coefficient (Wildman–Crippen LogP) is 6.73. The van der Waals surface area contributed by atoms with Crippen LogP contribution in [0.3, 0.4) is 0 Å². The first-order chi connectivity index (χ1) is 16.0. The molecule has 1 aliphatic rings. The molecule has 3 rings (SSSR count). The molecule has 0 amide bonds. The number of hydrogen-bond donors (Lipinski definition) is 0. The van der Waals surface area contributed by atoms with Crippen LogP contribution in [0.15, 0.2) is 34.8 Å². The summed E-state index contributed by atoms with van der Waals surface area (Å²) < 4.78 is 12.9. The number of aromatic nitrogens is 1. The molecule has 1 aromatic carbocycles. The van der Waals surface area contributed by atoms with Gasteiger partial charge < -0.3 is 14.4 Å². The van der Waals surface area contributed by atoms with Crippen LogP contribution in [0.4, 0.5) is 5.69 Å². The third-order valence-electron chi connectivity index (χ3n) is 6.10. The Balaban J connectivity index is 1.93. The molecule has 0 N–H and O–H groups in total. The van der Waals surface area contributed by atoms with Crippen LogP contribution in [0.25, 0.3) is 0 Å². The van der Waals surface area contributed by atoms with Crippen LogP contribution in [-0.4, -0.2) is 35.7 Å². The number of rotatable bonds is 7. The minimum atomic E-state index is -0.844. The first kappa shape index (κ1) is 26.7. The van der Waals surface area contributed by atoms with E-state index in [1.807, 2.05) is 48.5 Å². The summed E-state index contributed by atoms with van der Waals surface area (Å²) in [5.41, 5.74) is 4.40. The fourth-order valence-electron chi connectivity index (χ4n) is 4.63. The Bertz CT molecular complexity index is 977. The Morgan fingerprint density at radius 1 is 1.12 bits per heavy atom. The van der Waals surface area contributed by atoms with Crippen molar-refractivity contribution in [3.8, 4) is 0 Å². The van der Waals surface area contributed by atoms with Crippen molar-refractivity contribution >= 4 is 27.6 Å². The number of aryl methyl sites for hydroxylation is 2. The summed E-state index contributed by atoms with van der Waals surface area (Å²) in [7, 11) is 0. The monoisotopic (exact) mass is 530 g/mol. The number of ether oxygens (including phenoxy) is 2. The number of benzene rings is 1. The standard InChI is InChI=1S/C28H39BrN2O3/c1-18(2)33-27(32)26(34-28(5,6)7)23-19(3)30-20(4)24(29)25(23)31-15-13-22(14-16-31)17-21-11-9-8-10-12-21/h8-12,18,22,26H,13-17H2,1-7H3/t26-/m0/s1. The second-order valence-corrected chi connectivity index (χ2v) is 11.4. The maximum Gasteiger partial charge on any atom is 0.340 e. The van der Waals surface area contributed by atoms with Gasteiger partial charge in [-0.05, 0) is 95.1 Å². The summed E-state index contributed by atoms with van der Waals surface area (Å²) in [6, 6.07) is 10.7. The van der Waals surface area contributed by atoms with E-state index < -0.39 is 11.7 Å². The lowest BCUT2D eigenvalue weighted by atomic mass is 9.89. The highest BCUT2D eigenvalue weighted by atomic mass is 79.9. The van der Waals surface area contributed by atoms with Gasteiger partial charge in [0.1, 0.15) is 0 Å². The normalized spacial score (nSPS) is 16.1. The summed E-state index contributed by atoms with van der Waals surface area (Å²) >= 11 is 3.81. The van der Waals surface area contributed by atoms with Gasteiger partial charge in [0.15, 0.2) is 6.10 Å². The van der Waals surface area contributed by atoms with E-state index in [0.717, 1.165) is 59.5 Å². The Labute approximate surface area is 213 Å². The van der Waals surface area contributed by atoms with Gasteiger partial charge in [0.2, 0.25) is 0 Å². The van der Waals surface area contributed by atoms with E-state index in [9.17, 15) is 4.79 Å². The second kappa shape index (κ2) is 11.2. The Kier molecular flexibility index (Phi) is 8.80. The van der Waals surface area contributed by atoms with Gasteiger partial charge in [0, 0.05) is 24.3 Å². The third-order valence-corrected chi connectivity index (χ3v) is 7.05. The number of carbonyl (C=O) groups is 1. The van der Waals surface area contributed by atoms with Gasteiger partial charge in [-0.25, -0.2) is 4.79 Å². The van der Waals surface area contributed by atoms with E-state index in [2.05, 4.69) is 51.2 Å². The Morgan fingerprint density at radius 3 is 2.29 bits per heavy atom. The number of halogens is 1. The first-order valence-electron chi connectivity index (χ1n) is 12.3. The van der Waals surface area contributed by atoms with Gasteiger partial charge in [0.25, 0.3) is 0 Å². The van der Waals surface area contributed by atoms with Crippen molar-refractivity contribution in [2.75, 3.05) is 18.0 Å². The Morgan fingerprint density at radius 2 is 1.74 bits per heavy atom. The molecule has 0 bridgehead atoms. The molecular formula is C28H39BrN2O3. The number of esters is 1. The van der Waals surface area contributed by atoms with Gasteiger partial charge in [-0.2, -0.15) is 0 Å². The molecule has 2 aromatic rings. The van der Waals surface area contributed by atoms with Crippen molar-refractivity contribution in [1.29, 1.82) is 0 Å². The third kappa shape index (κ3) is 6.82. The van der Waals surface area contributed by atoms with Crippen molar-refractivity contribution in [1.82, 2.24) is 4.98 Å². The molecule has 1 atom stereocenters. The molecule has 0 saturated carbocycles. The molecule has 0 radical (unpaired) electrons. The molecule has 6 heteroatoms. The summed E-state index contributed by atoms with van der Waals surface area (Å²) in [4.78, 5) is 20.4. The smallest absolute Gasteiger partial charge is 0.340 e. The molecule has 1 aromatic heterocycles. The van der Waals surface area contributed by atoms with Crippen molar-refractivity contribution in [3.63, 3.8) is 0 Å². The topological polar surface area (TPSA) is 51.7 Å². The molecule has 1 saturated heterocycles. The summed E-state index contributed by atoms with van der Waals surface area (Å²) in [6.07, 6.45) is 2.24. The van der Waals surface area contributed by atoms with Crippen molar-refractivity contribution in [2.24, 2.45) is 5.92 Å². The molecule has 2 heterocycles. The summed E-state index contributed by atoms with van der Waals surface area (Å²) in [6.45, 7) is 15.4. The molecule has 186 valence electrons. The van der Waals surface area contributed by atoms with Crippen LogP contribution in [0.2, 0.25) is 0 Å². The van der Waals surface area contributed by atoms with E-state index >= 15 is 0 Å². The SMILES string of the molecule is Cc1nc(C)c([C@H](OC(C)(C)C)C(=O)OC(C)C)c(N2CCC(Cc3ccccc3)CC2)c1Br. The maximum absolute atomic E-state index is 13.3. The quantitative estimate of drug-likeness (QED) is 0.371. The molecule has 1 aliphatic heterocycles. The second-order valence-electron chi connectivity index (χ2n) is 10.6. The number of carbonyl (C=O) groups excluding carboxylic acids is 1. The molecule has 34 heavy (non-hydrogen) atoms. The molecule has 0 unspecified atom stereocenters. The zero-order chi connectivity index (χ0) is 25.0. The summed E-state index contributed by atoms with van der Waals surface area (Å²) in [5.74, 6) is 0.281. The zero-order valence-electron chi connectivity index (χ0n) is 21.7. The van der Waals surface area contributed by atoms with Crippen LogP contribution < -0.4 is 4.90 Å². The zero-order valence-corrected chi connectivity index (χ0v) is 23.2. The Hall–Kier alpha value is -1.92. The van der Waals surface area contributed by atoms with Crippen LogP contribution in [-0.2, 0) is 20.7 Å². The molecule has 0 spiro atoms. The minimum absolute atomic E-state index is 0.224. The fraction of sp³-hybridized carbons (Fsp3) is 0.571. The lowest BCUT2D eigenvalue weighted by molar-refractivity contribution is -0.171. The predicted molar refractivity (Wildman–Crippen MR) is 141 cm³/mol. The fourth-order valence-corrected chi connectivity index (χ4v) is 5.18.